The number of H-pyrrole nitrogens is 1. The smallest absolute Gasteiger partial charge is 0.170 e. The number of fused-ring (bicyclic) bond motifs is 2. The van der Waals surface area contributed by atoms with E-state index >= 15 is 0 Å². The Morgan fingerprint density at radius 2 is 1.82 bits per heavy atom. The lowest BCUT2D eigenvalue weighted by atomic mass is 9.92. The molecule has 0 radical (unpaired) electrons. The molecule has 3 aromatic heterocycles. The molecule has 0 spiro atoms. The molecule has 0 fully saturated rings. The van der Waals surface area contributed by atoms with Gasteiger partial charge in [0.2, 0.25) is 0 Å². The molecule has 2 aromatic carbocycles. The van der Waals surface area contributed by atoms with Crippen LogP contribution >= 0.6 is 0 Å². The fourth-order valence-electron chi connectivity index (χ4n) is 4.13. The fraction of sp³-hybridized carbons (Fsp3) is 0.192. The highest BCUT2D eigenvalue weighted by Crippen LogP contribution is 2.40. The number of benzene rings is 2. The maximum Gasteiger partial charge on any atom is 0.170 e. The second-order valence-corrected chi connectivity index (χ2v) is 10.9. The van der Waals surface area contributed by atoms with Crippen LogP contribution in [0.25, 0.3) is 32.8 Å². The van der Waals surface area contributed by atoms with Crippen molar-refractivity contribution in [2.75, 3.05) is 6.26 Å². The van der Waals surface area contributed by atoms with Crippen molar-refractivity contribution in [2.45, 2.75) is 31.6 Å². The molecule has 7 heteroatoms. The van der Waals surface area contributed by atoms with Gasteiger partial charge >= 0.3 is 0 Å². The summed E-state index contributed by atoms with van der Waals surface area (Å²) in [5.41, 5.74) is 4.84. The monoisotopic (exact) mass is 455 g/mol. The number of aromatic amines is 1. The molecule has 0 aliphatic heterocycles. The Labute approximate surface area is 193 Å². The summed E-state index contributed by atoms with van der Waals surface area (Å²) in [5, 5.41) is 10.1. The summed E-state index contributed by atoms with van der Waals surface area (Å²) in [6.45, 7) is 6.22. The third kappa shape index (κ3) is 3.89. The van der Waals surface area contributed by atoms with E-state index in [0.29, 0.717) is 10.7 Å². The van der Waals surface area contributed by atoms with Gasteiger partial charge in [0.1, 0.15) is 0 Å². The summed E-state index contributed by atoms with van der Waals surface area (Å²) in [4.78, 5) is 10.1. The van der Waals surface area contributed by atoms with E-state index in [2.05, 4.69) is 41.2 Å². The quantitative estimate of drug-likeness (QED) is 0.340. The number of nitrogens with zero attached hydrogens (tertiary/aromatic N) is 4. The molecule has 0 saturated heterocycles. The Hall–Kier alpha value is -3.58. The first kappa shape index (κ1) is 21.3. The van der Waals surface area contributed by atoms with Gasteiger partial charge in [0.25, 0.3) is 0 Å². The Balaban J connectivity index is 1.91. The van der Waals surface area contributed by atoms with Crippen LogP contribution in [0.4, 0.5) is 5.82 Å². The van der Waals surface area contributed by atoms with Crippen molar-refractivity contribution < 1.29 is 4.21 Å². The topological polar surface area (TPSA) is 83.9 Å². The second kappa shape index (κ2) is 8.08. The van der Waals surface area contributed by atoms with Gasteiger partial charge in [-0.1, -0.05) is 32.0 Å². The molecule has 1 atom stereocenters. The van der Waals surface area contributed by atoms with Crippen LogP contribution in [0.3, 0.4) is 0 Å². The van der Waals surface area contributed by atoms with Crippen molar-refractivity contribution in [2.24, 2.45) is 4.36 Å². The highest BCUT2D eigenvalue weighted by Gasteiger charge is 2.20. The molecule has 0 amide bonds. The predicted molar refractivity (Wildman–Crippen MR) is 134 cm³/mol. The van der Waals surface area contributed by atoms with Gasteiger partial charge < -0.3 is 0 Å². The Kier molecular flexibility index (Phi) is 5.21. The van der Waals surface area contributed by atoms with Gasteiger partial charge in [-0.3, -0.25) is 10.1 Å². The summed E-state index contributed by atoms with van der Waals surface area (Å²) in [6.07, 6.45) is 5.30. The highest BCUT2D eigenvalue weighted by atomic mass is 32.2. The van der Waals surface area contributed by atoms with Crippen LogP contribution in [-0.2, 0) is 9.73 Å². The van der Waals surface area contributed by atoms with Gasteiger partial charge in [-0.2, -0.15) is 9.46 Å². The zero-order chi connectivity index (χ0) is 23.2. The van der Waals surface area contributed by atoms with Crippen molar-refractivity contribution in [1.29, 1.82) is 0 Å². The number of aromatic nitrogens is 4. The van der Waals surface area contributed by atoms with E-state index in [1.165, 1.54) is 0 Å². The molecule has 0 aliphatic carbocycles. The van der Waals surface area contributed by atoms with Crippen LogP contribution in [0.1, 0.15) is 31.2 Å². The molecule has 5 rings (SSSR count). The highest BCUT2D eigenvalue weighted by molar-refractivity contribution is 7.93. The Morgan fingerprint density at radius 3 is 2.55 bits per heavy atom. The molecule has 5 aromatic rings. The van der Waals surface area contributed by atoms with Crippen molar-refractivity contribution in [3.05, 3.63) is 78.4 Å². The zero-order valence-corrected chi connectivity index (χ0v) is 19.9. The minimum Gasteiger partial charge on any atom is -0.278 e. The molecule has 3 heterocycles. The fourth-order valence-corrected chi connectivity index (χ4v) is 5.37. The van der Waals surface area contributed by atoms with E-state index in [1.54, 1.807) is 6.26 Å². The van der Waals surface area contributed by atoms with Crippen LogP contribution in [0.2, 0.25) is 0 Å². The van der Waals surface area contributed by atoms with Crippen LogP contribution in [0.5, 0.6) is 0 Å². The van der Waals surface area contributed by atoms with Crippen molar-refractivity contribution in [1.82, 2.24) is 20.2 Å². The maximum absolute atomic E-state index is 13.7. The minimum absolute atomic E-state index is 0.136. The first-order chi connectivity index (χ1) is 15.8. The van der Waals surface area contributed by atoms with Crippen molar-refractivity contribution in [3.63, 3.8) is 0 Å². The van der Waals surface area contributed by atoms with Gasteiger partial charge in [-0.15, -0.1) is 0 Å². The summed E-state index contributed by atoms with van der Waals surface area (Å²) < 4.78 is 18.4. The minimum atomic E-state index is -2.69. The van der Waals surface area contributed by atoms with E-state index < -0.39 is 9.73 Å². The predicted octanol–water partition coefficient (Wildman–Crippen LogP) is 6.39. The molecule has 0 aliphatic rings. The van der Waals surface area contributed by atoms with E-state index in [4.69, 9.17) is 9.35 Å². The molecule has 1 unspecified atom stereocenters. The number of pyridine rings is 2. The standard InChI is InChI=1S/C26H25N5OS/c1-16(2)25-24(18-10-11-27-17(3)12-18)21-13-19-15-28-30-23(19)14-22(21)26(29-25)31-33(4,32)20-8-6-5-7-9-20/h5-16H,1-4H3,(H,28,30). The lowest BCUT2D eigenvalue weighted by Crippen LogP contribution is -2.02. The van der Waals surface area contributed by atoms with Gasteiger partial charge in [0.15, 0.2) is 5.82 Å². The average molecular weight is 456 g/mol. The molecule has 1 N–H and O–H groups in total. The normalized spacial score (nSPS) is 13.5. The Bertz CT molecular complexity index is 1610. The molecule has 33 heavy (non-hydrogen) atoms. The molecule has 0 saturated carbocycles. The third-order valence-corrected chi connectivity index (χ3v) is 7.41. The van der Waals surface area contributed by atoms with E-state index in [1.807, 2.05) is 61.8 Å². The second-order valence-electron chi connectivity index (χ2n) is 8.60. The summed E-state index contributed by atoms with van der Waals surface area (Å²) in [5.74, 6) is 0.618. The molecule has 6 nitrogen and oxygen atoms in total. The van der Waals surface area contributed by atoms with Crippen molar-refractivity contribution in [3.8, 4) is 11.1 Å². The third-order valence-electron chi connectivity index (χ3n) is 5.74. The maximum atomic E-state index is 13.7. The van der Waals surface area contributed by atoms with Gasteiger partial charge in [0, 0.05) is 39.4 Å². The molecule has 166 valence electrons. The number of hydrogen-bond donors (Lipinski definition) is 1. The summed E-state index contributed by atoms with van der Waals surface area (Å²) >= 11 is 0. The first-order valence-electron chi connectivity index (χ1n) is 10.8. The van der Waals surface area contributed by atoms with Gasteiger partial charge in [-0.05, 0) is 60.2 Å². The van der Waals surface area contributed by atoms with Crippen LogP contribution in [-0.4, -0.2) is 30.6 Å². The average Bonchev–Trinajstić information content (AvgIpc) is 3.25. The van der Waals surface area contributed by atoms with Crippen LogP contribution in [0.15, 0.2) is 76.2 Å². The lowest BCUT2D eigenvalue weighted by molar-refractivity contribution is 0.680. The van der Waals surface area contributed by atoms with E-state index in [0.717, 1.165) is 44.2 Å². The number of nitrogens with one attached hydrogen (secondary N) is 1. The lowest BCUT2D eigenvalue weighted by Gasteiger charge is -2.18. The zero-order valence-electron chi connectivity index (χ0n) is 19.0. The van der Waals surface area contributed by atoms with E-state index in [-0.39, 0.29) is 5.92 Å². The first-order valence-corrected chi connectivity index (χ1v) is 12.8. The number of rotatable bonds is 4. The van der Waals surface area contributed by atoms with E-state index in [9.17, 15) is 4.21 Å². The molecular weight excluding hydrogens is 430 g/mol. The summed E-state index contributed by atoms with van der Waals surface area (Å²) in [7, 11) is -2.69. The SMILES string of the molecule is Cc1cc(-c2c(C(C)C)nc(N=S(C)(=O)c3ccccc3)c3cc4[nH]ncc4cc23)ccn1. The van der Waals surface area contributed by atoms with Crippen molar-refractivity contribution >= 4 is 37.2 Å². The van der Waals surface area contributed by atoms with Gasteiger partial charge in [-0.25, -0.2) is 9.19 Å². The molecular formula is C26H25N5OS. The molecule has 0 bridgehead atoms. The van der Waals surface area contributed by atoms with Crippen LogP contribution < -0.4 is 0 Å². The number of aryl methyl sites for hydroxylation is 1. The Morgan fingerprint density at radius 1 is 1.03 bits per heavy atom. The summed E-state index contributed by atoms with van der Waals surface area (Å²) in [6, 6.07) is 17.6. The van der Waals surface area contributed by atoms with Crippen LogP contribution in [0, 0.1) is 6.92 Å². The van der Waals surface area contributed by atoms with Gasteiger partial charge in [0.05, 0.1) is 27.1 Å². The number of hydrogen-bond acceptors (Lipinski definition) is 5. The largest absolute Gasteiger partial charge is 0.278 e.